The number of hydrogen-bond acceptors (Lipinski definition) is 6. The van der Waals surface area contributed by atoms with Crippen LogP contribution in [0.25, 0.3) is 0 Å². The lowest BCUT2D eigenvalue weighted by Gasteiger charge is -2.48. The van der Waals surface area contributed by atoms with Crippen molar-refractivity contribution in [1.29, 1.82) is 0 Å². The molecule has 1 aromatic carbocycles. The topological polar surface area (TPSA) is 59.6 Å². The van der Waals surface area contributed by atoms with E-state index in [1.54, 1.807) is 11.1 Å². The molecule has 5 aliphatic rings. The third-order valence-electron chi connectivity index (χ3n) is 8.70. The van der Waals surface area contributed by atoms with Gasteiger partial charge in [0.1, 0.15) is 12.7 Å². The Morgan fingerprint density at radius 2 is 1.77 bits per heavy atom. The van der Waals surface area contributed by atoms with Crippen molar-refractivity contribution in [3.05, 3.63) is 35.9 Å². The SMILES string of the molecule is CC1CC2CCC(C1)N2C1C=CC(=O)N(CC(=O)N2CCc3c(N4CCOCC4)cccc32)N1C. The van der Waals surface area contributed by atoms with Crippen molar-refractivity contribution in [3.8, 4) is 0 Å². The van der Waals surface area contributed by atoms with Crippen molar-refractivity contribution in [2.24, 2.45) is 5.92 Å². The molecule has 3 atom stereocenters. The lowest BCUT2D eigenvalue weighted by Crippen LogP contribution is -2.62. The van der Waals surface area contributed by atoms with Crippen molar-refractivity contribution >= 4 is 23.2 Å². The smallest absolute Gasteiger partial charge is 0.261 e. The van der Waals surface area contributed by atoms with E-state index in [-0.39, 0.29) is 24.5 Å². The number of carbonyl (C=O) groups is 2. The van der Waals surface area contributed by atoms with E-state index in [0.29, 0.717) is 18.6 Å². The van der Waals surface area contributed by atoms with E-state index >= 15 is 0 Å². The first kappa shape index (κ1) is 23.0. The van der Waals surface area contributed by atoms with Crippen LogP contribution < -0.4 is 9.80 Å². The van der Waals surface area contributed by atoms with Gasteiger partial charge in [-0.3, -0.25) is 19.5 Å². The number of ether oxygens (including phenoxy) is 1. The summed E-state index contributed by atoms with van der Waals surface area (Å²) in [5, 5.41) is 3.65. The molecule has 1 aromatic rings. The van der Waals surface area contributed by atoms with E-state index in [1.807, 2.05) is 35.2 Å². The number of amides is 2. The average Bonchev–Trinajstić information content (AvgIpc) is 3.41. The first-order valence-corrected chi connectivity index (χ1v) is 13.3. The number of likely N-dealkylation sites (N-methyl/N-ethyl adjacent to an activating group) is 1. The van der Waals surface area contributed by atoms with Crippen LogP contribution in [0.3, 0.4) is 0 Å². The average molecular weight is 480 g/mol. The Labute approximate surface area is 208 Å². The predicted octanol–water partition coefficient (Wildman–Crippen LogP) is 2.25. The summed E-state index contributed by atoms with van der Waals surface area (Å²) >= 11 is 0. The van der Waals surface area contributed by atoms with Gasteiger partial charge in [0.05, 0.1) is 13.2 Å². The van der Waals surface area contributed by atoms with Gasteiger partial charge in [-0.25, -0.2) is 0 Å². The van der Waals surface area contributed by atoms with Gasteiger partial charge in [-0.1, -0.05) is 13.0 Å². The molecule has 0 spiro atoms. The molecule has 6 rings (SSSR count). The van der Waals surface area contributed by atoms with Crippen LogP contribution in [-0.4, -0.2) is 91.4 Å². The van der Waals surface area contributed by atoms with Crippen LogP contribution in [0.1, 0.15) is 38.2 Å². The summed E-state index contributed by atoms with van der Waals surface area (Å²) in [6.45, 7) is 6.32. The minimum atomic E-state index is -0.115. The van der Waals surface area contributed by atoms with Crippen LogP contribution in [0.2, 0.25) is 0 Å². The lowest BCUT2D eigenvalue weighted by atomic mass is 9.92. The number of benzene rings is 1. The highest BCUT2D eigenvalue weighted by molar-refractivity contribution is 6.00. The Morgan fingerprint density at radius 3 is 2.51 bits per heavy atom. The minimum Gasteiger partial charge on any atom is -0.378 e. The molecule has 8 nitrogen and oxygen atoms in total. The molecule has 0 aromatic heterocycles. The molecule has 5 aliphatic heterocycles. The summed E-state index contributed by atoms with van der Waals surface area (Å²) in [6.07, 6.45) is 9.48. The van der Waals surface area contributed by atoms with Gasteiger partial charge >= 0.3 is 0 Å². The summed E-state index contributed by atoms with van der Waals surface area (Å²) < 4.78 is 5.52. The highest BCUT2D eigenvalue weighted by atomic mass is 16.5. The summed E-state index contributed by atoms with van der Waals surface area (Å²) in [6, 6.07) is 7.37. The van der Waals surface area contributed by atoms with Gasteiger partial charge in [-0.15, -0.1) is 0 Å². The molecular weight excluding hydrogens is 442 g/mol. The molecule has 2 bridgehead atoms. The van der Waals surface area contributed by atoms with Gasteiger partial charge < -0.3 is 14.5 Å². The van der Waals surface area contributed by atoms with Gasteiger partial charge in [0.2, 0.25) is 5.91 Å². The summed E-state index contributed by atoms with van der Waals surface area (Å²) in [5.74, 6) is 0.627. The van der Waals surface area contributed by atoms with Gasteiger partial charge in [-0.2, -0.15) is 5.01 Å². The zero-order valence-electron chi connectivity index (χ0n) is 20.9. The molecule has 188 valence electrons. The molecule has 0 saturated carbocycles. The number of fused-ring (bicyclic) bond motifs is 3. The zero-order valence-corrected chi connectivity index (χ0v) is 20.9. The second kappa shape index (κ2) is 9.22. The standard InChI is InChI=1S/C27H37N5O3/c1-19-16-20-6-7-21(17-19)32(20)25-8-9-26(33)31(28(25)2)18-27(34)30-11-10-22-23(4-3-5-24(22)30)29-12-14-35-15-13-29/h3-5,8-9,19-21,25H,6-7,10-18H2,1-2H3. The van der Waals surface area contributed by atoms with E-state index in [1.165, 1.54) is 36.9 Å². The lowest BCUT2D eigenvalue weighted by molar-refractivity contribution is -0.160. The van der Waals surface area contributed by atoms with Crippen LogP contribution in [0, 0.1) is 5.92 Å². The quantitative estimate of drug-likeness (QED) is 0.660. The molecule has 8 heteroatoms. The first-order chi connectivity index (χ1) is 17.0. The number of hydrogen-bond donors (Lipinski definition) is 0. The molecule has 2 amide bonds. The van der Waals surface area contributed by atoms with Crippen molar-refractivity contribution in [2.75, 3.05) is 56.2 Å². The summed E-state index contributed by atoms with van der Waals surface area (Å²) in [7, 11) is 1.96. The largest absolute Gasteiger partial charge is 0.378 e. The van der Waals surface area contributed by atoms with Crippen molar-refractivity contribution in [3.63, 3.8) is 0 Å². The molecule has 5 heterocycles. The van der Waals surface area contributed by atoms with Crippen LogP contribution in [0.5, 0.6) is 0 Å². The number of morpholine rings is 1. The van der Waals surface area contributed by atoms with Crippen molar-refractivity contribution in [2.45, 2.75) is 57.3 Å². The Balaban J connectivity index is 1.18. The highest BCUT2D eigenvalue weighted by Gasteiger charge is 2.45. The van der Waals surface area contributed by atoms with Crippen molar-refractivity contribution in [1.82, 2.24) is 14.9 Å². The number of hydrazine groups is 1. The van der Waals surface area contributed by atoms with E-state index in [4.69, 9.17) is 4.74 Å². The van der Waals surface area contributed by atoms with Gasteiger partial charge in [0, 0.05) is 61.8 Å². The van der Waals surface area contributed by atoms with Gasteiger partial charge in [0.25, 0.3) is 5.91 Å². The molecule has 35 heavy (non-hydrogen) atoms. The molecule has 0 aliphatic carbocycles. The number of anilines is 2. The fourth-order valence-corrected chi connectivity index (χ4v) is 7.07. The number of carbonyl (C=O) groups excluding carboxylic acids is 2. The Bertz CT molecular complexity index is 1010. The fourth-order valence-electron chi connectivity index (χ4n) is 7.07. The van der Waals surface area contributed by atoms with Crippen molar-refractivity contribution < 1.29 is 14.3 Å². The Morgan fingerprint density at radius 1 is 1.06 bits per heavy atom. The van der Waals surface area contributed by atoms with E-state index < -0.39 is 0 Å². The zero-order chi connectivity index (χ0) is 24.1. The summed E-state index contributed by atoms with van der Waals surface area (Å²) in [5.41, 5.74) is 3.43. The molecular formula is C27H37N5O3. The third-order valence-corrected chi connectivity index (χ3v) is 8.70. The fraction of sp³-hybridized carbons (Fsp3) is 0.630. The maximum Gasteiger partial charge on any atom is 0.261 e. The highest BCUT2D eigenvalue weighted by Crippen LogP contribution is 2.41. The molecule has 0 N–H and O–H groups in total. The van der Waals surface area contributed by atoms with Crippen LogP contribution >= 0.6 is 0 Å². The Hall–Kier alpha value is -2.42. The number of piperidine rings is 1. The van der Waals surface area contributed by atoms with E-state index in [9.17, 15) is 9.59 Å². The number of nitrogens with zero attached hydrogens (tertiary/aromatic N) is 5. The third kappa shape index (κ3) is 4.05. The summed E-state index contributed by atoms with van der Waals surface area (Å²) in [4.78, 5) is 33.3. The van der Waals surface area contributed by atoms with Crippen LogP contribution in [0.15, 0.2) is 30.4 Å². The molecule has 0 radical (unpaired) electrons. The Kier molecular flexibility index (Phi) is 6.06. The van der Waals surface area contributed by atoms with Crippen LogP contribution in [0.4, 0.5) is 11.4 Å². The first-order valence-electron chi connectivity index (χ1n) is 13.3. The molecule has 3 saturated heterocycles. The second-order valence-corrected chi connectivity index (χ2v) is 10.8. The van der Waals surface area contributed by atoms with Gasteiger partial charge in [0.15, 0.2) is 0 Å². The predicted molar refractivity (Wildman–Crippen MR) is 135 cm³/mol. The van der Waals surface area contributed by atoms with Gasteiger partial charge in [-0.05, 0) is 56.2 Å². The monoisotopic (exact) mass is 479 g/mol. The molecule has 3 unspecified atom stereocenters. The normalized spacial score (nSPS) is 31.4. The minimum absolute atomic E-state index is 0.0210. The van der Waals surface area contributed by atoms with E-state index in [2.05, 4.69) is 22.8 Å². The maximum atomic E-state index is 13.6. The van der Waals surface area contributed by atoms with Crippen LogP contribution in [-0.2, 0) is 20.7 Å². The van der Waals surface area contributed by atoms with E-state index in [0.717, 1.165) is 44.3 Å². The maximum absolute atomic E-state index is 13.6. The number of rotatable bonds is 4. The second-order valence-electron chi connectivity index (χ2n) is 10.8. The molecule has 3 fully saturated rings.